The van der Waals surface area contributed by atoms with Crippen molar-refractivity contribution in [1.29, 1.82) is 0 Å². The van der Waals surface area contributed by atoms with Crippen molar-refractivity contribution >= 4 is 5.95 Å². The van der Waals surface area contributed by atoms with Crippen LogP contribution < -0.4 is 10.2 Å². The minimum absolute atomic E-state index is 0.834. The molecule has 1 aliphatic rings. The fourth-order valence-corrected chi connectivity index (χ4v) is 2.27. The number of aromatic nitrogens is 2. The lowest BCUT2D eigenvalue weighted by Gasteiger charge is -2.32. The van der Waals surface area contributed by atoms with Crippen LogP contribution in [0.25, 0.3) is 0 Å². The second-order valence-corrected chi connectivity index (χ2v) is 5.75. The SMILES string of the molecule is CCN(C)CCNCc1cnc(N2CCN(C)CC2)nc1. The van der Waals surface area contributed by atoms with Crippen LogP contribution in [0.5, 0.6) is 0 Å². The summed E-state index contributed by atoms with van der Waals surface area (Å²) in [6.45, 7) is 10.3. The standard InChI is InChI=1S/C15H28N6/c1-4-19(2)6-5-16-11-14-12-17-15(18-13-14)21-9-7-20(3)8-10-21/h12-13,16H,4-11H2,1-3H3. The van der Waals surface area contributed by atoms with Crippen molar-refractivity contribution in [3.05, 3.63) is 18.0 Å². The number of anilines is 1. The zero-order chi connectivity index (χ0) is 15.1. The normalized spacial score (nSPS) is 16.7. The van der Waals surface area contributed by atoms with Crippen LogP contribution >= 0.6 is 0 Å². The van der Waals surface area contributed by atoms with Crippen molar-refractivity contribution in [2.75, 3.05) is 64.8 Å². The molecule has 1 N–H and O–H groups in total. The molecule has 0 aromatic carbocycles. The Morgan fingerprint density at radius 2 is 1.86 bits per heavy atom. The molecule has 2 heterocycles. The van der Waals surface area contributed by atoms with E-state index in [4.69, 9.17) is 0 Å². The Hall–Kier alpha value is -1.24. The van der Waals surface area contributed by atoms with Gasteiger partial charge in [0.2, 0.25) is 5.95 Å². The number of hydrogen-bond acceptors (Lipinski definition) is 6. The van der Waals surface area contributed by atoms with Gasteiger partial charge in [-0.25, -0.2) is 9.97 Å². The van der Waals surface area contributed by atoms with Gasteiger partial charge in [-0.1, -0.05) is 6.92 Å². The zero-order valence-electron chi connectivity index (χ0n) is 13.5. The van der Waals surface area contributed by atoms with Gasteiger partial charge in [0.1, 0.15) is 0 Å². The number of rotatable bonds is 7. The van der Waals surface area contributed by atoms with Crippen molar-refractivity contribution in [3.63, 3.8) is 0 Å². The van der Waals surface area contributed by atoms with Gasteiger partial charge in [0, 0.05) is 63.8 Å². The van der Waals surface area contributed by atoms with Crippen molar-refractivity contribution in [2.45, 2.75) is 13.5 Å². The second kappa shape index (κ2) is 8.26. The fraction of sp³-hybridized carbons (Fsp3) is 0.733. The van der Waals surface area contributed by atoms with Gasteiger partial charge >= 0.3 is 0 Å². The highest BCUT2D eigenvalue weighted by molar-refractivity contribution is 5.30. The molecule has 118 valence electrons. The molecule has 0 radical (unpaired) electrons. The van der Waals surface area contributed by atoms with Crippen molar-refractivity contribution in [3.8, 4) is 0 Å². The molecule has 21 heavy (non-hydrogen) atoms. The van der Waals surface area contributed by atoms with E-state index in [0.29, 0.717) is 0 Å². The van der Waals surface area contributed by atoms with Crippen LogP contribution in [0.4, 0.5) is 5.95 Å². The lowest BCUT2D eigenvalue weighted by atomic mass is 10.3. The Bertz CT molecular complexity index is 399. The average Bonchev–Trinajstić information content (AvgIpc) is 2.52. The van der Waals surface area contributed by atoms with E-state index in [-0.39, 0.29) is 0 Å². The third kappa shape index (κ3) is 5.22. The lowest BCUT2D eigenvalue weighted by molar-refractivity contribution is 0.311. The number of hydrogen-bond donors (Lipinski definition) is 1. The molecule has 1 aliphatic heterocycles. The largest absolute Gasteiger partial charge is 0.338 e. The molecule has 2 rings (SSSR count). The maximum Gasteiger partial charge on any atom is 0.225 e. The second-order valence-electron chi connectivity index (χ2n) is 5.75. The van der Waals surface area contributed by atoms with Gasteiger partial charge in [-0.3, -0.25) is 0 Å². The Balaban J connectivity index is 1.74. The Labute approximate surface area is 128 Å². The van der Waals surface area contributed by atoms with E-state index >= 15 is 0 Å². The van der Waals surface area contributed by atoms with E-state index in [9.17, 15) is 0 Å². The van der Waals surface area contributed by atoms with E-state index in [1.807, 2.05) is 12.4 Å². The molecule has 6 heteroatoms. The first-order chi connectivity index (χ1) is 10.2. The number of piperazine rings is 1. The predicted molar refractivity (Wildman–Crippen MR) is 86.6 cm³/mol. The Morgan fingerprint density at radius 3 is 2.48 bits per heavy atom. The predicted octanol–water partition coefficient (Wildman–Crippen LogP) is 0.270. The third-order valence-electron chi connectivity index (χ3n) is 4.02. The maximum absolute atomic E-state index is 4.50. The van der Waals surface area contributed by atoms with E-state index in [2.05, 4.69) is 51.0 Å². The molecule has 0 aliphatic carbocycles. The van der Waals surface area contributed by atoms with E-state index < -0.39 is 0 Å². The van der Waals surface area contributed by atoms with Crippen LogP contribution in [0.2, 0.25) is 0 Å². The van der Waals surface area contributed by atoms with Crippen molar-refractivity contribution < 1.29 is 0 Å². The molecule has 1 aromatic rings. The van der Waals surface area contributed by atoms with Crippen LogP contribution in [0.15, 0.2) is 12.4 Å². The molecule has 0 amide bonds. The van der Waals surface area contributed by atoms with Gasteiger partial charge in [0.25, 0.3) is 0 Å². The molecular weight excluding hydrogens is 264 g/mol. The van der Waals surface area contributed by atoms with Gasteiger partial charge < -0.3 is 20.0 Å². The quantitative estimate of drug-likeness (QED) is 0.728. The molecule has 1 fully saturated rings. The Morgan fingerprint density at radius 1 is 1.19 bits per heavy atom. The molecule has 0 bridgehead atoms. The first-order valence-electron chi connectivity index (χ1n) is 7.82. The summed E-state index contributed by atoms with van der Waals surface area (Å²) in [5, 5.41) is 3.43. The van der Waals surface area contributed by atoms with Gasteiger partial charge in [-0.15, -0.1) is 0 Å². The first kappa shape index (κ1) is 16.1. The highest BCUT2D eigenvalue weighted by Gasteiger charge is 2.15. The van der Waals surface area contributed by atoms with Gasteiger partial charge in [0.05, 0.1) is 0 Å². The highest BCUT2D eigenvalue weighted by atomic mass is 15.3. The topological polar surface area (TPSA) is 47.5 Å². The molecule has 1 saturated heterocycles. The van der Waals surface area contributed by atoms with Gasteiger partial charge in [0.15, 0.2) is 0 Å². The highest BCUT2D eigenvalue weighted by Crippen LogP contribution is 2.09. The van der Waals surface area contributed by atoms with Crippen LogP contribution in [-0.2, 0) is 6.54 Å². The van der Waals surface area contributed by atoms with Gasteiger partial charge in [-0.2, -0.15) is 0 Å². The van der Waals surface area contributed by atoms with Crippen LogP contribution in [0.3, 0.4) is 0 Å². The molecule has 0 saturated carbocycles. The van der Waals surface area contributed by atoms with Crippen molar-refractivity contribution in [1.82, 2.24) is 25.1 Å². The summed E-state index contributed by atoms with van der Waals surface area (Å²) in [6, 6.07) is 0. The summed E-state index contributed by atoms with van der Waals surface area (Å²) in [4.78, 5) is 15.9. The summed E-state index contributed by atoms with van der Waals surface area (Å²) in [5.41, 5.74) is 1.15. The smallest absolute Gasteiger partial charge is 0.225 e. The summed E-state index contributed by atoms with van der Waals surface area (Å²) in [7, 11) is 4.29. The maximum atomic E-state index is 4.50. The van der Waals surface area contributed by atoms with Crippen LogP contribution in [0, 0.1) is 0 Å². The van der Waals surface area contributed by atoms with Crippen LogP contribution in [-0.4, -0.2) is 79.7 Å². The van der Waals surface area contributed by atoms with Crippen molar-refractivity contribution in [2.24, 2.45) is 0 Å². The summed E-state index contributed by atoms with van der Waals surface area (Å²) in [6.07, 6.45) is 3.88. The minimum atomic E-state index is 0.834. The molecular formula is C15H28N6. The molecule has 1 aromatic heterocycles. The lowest BCUT2D eigenvalue weighted by Crippen LogP contribution is -2.45. The average molecular weight is 292 g/mol. The number of nitrogens with one attached hydrogen (secondary N) is 1. The monoisotopic (exact) mass is 292 g/mol. The Kier molecular flexibility index (Phi) is 6.35. The fourth-order valence-electron chi connectivity index (χ4n) is 2.27. The van der Waals surface area contributed by atoms with Gasteiger partial charge in [-0.05, 0) is 20.6 Å². The summed E-state index contributed by atoms with van der Waals surface area (Å²) < 4.78 is 0. The first-order valence-corrected chi connectivity index (χ1v) is 7.82. The minimum Gasteiger partial charge on any atom is -0.338 e. The molecule has 0 unspecified atom stereocenters. The van der Waals surface area contributed by atoms with Crippen LogP contribution in [0.1, 0.15) is 12.5 Å². The zero-order valence-corrected chi connectivity index (χ0v) is 13.5. The summed E-state index contributed by atoms with van der Waals surface area (Å²) >= 11 is 0. The van der Waals surface area contributed by atoms with E-state index in [1.54, 1.807) is 0 Å². The van der Waals surface area contributed by atoms with E-state index in [1.165, 1.54) is 0 Å². The molecule has 6 nitrogen and oxygen atoms in total. The molecule has 0 spiro atoms. The number of nitrogens with zero attached hydrogens (tertiary/aromatic N) is 5. The number of likely N-dealkylation sites (N-methyl/N-ethyl adjacent to an activating group) is 2. The third-order valence-corrected chi connectivity index (χ3v) is 4.02. The molecule has 0 atom stereocenters. The van der Waals surface area contributed by atoms with E-state index in [0.717, 1.165) is 63.9 Å². The summed E-state index contributed by atoms with van der Waals surface area (Å²) in [5.74, 6) is 0.859.